The van der Waals surface area contributed by atoms with Crippen LogP contribution in [0, 0.1) is 16.7 Å². The van der Waals surface area contributed by atoms with Gasteiger partial charge >= 0.3 is 5.97 Å². The fourth-order valence-electron chi connectivity index (χ4n) is 5.44. The molecular weight excluding hydrogens is 448 g/mol. The number of hydrogen-bond acceptors (Lipinski definition) is 6. The summed E-state index contributed by atoms with van der Waals surface area (Å²) in [6, 6.07) is 2.16. The van der Waals surface area contributed by atoms with Gasteiger partial charge in [-0.25, -0.2) is 4.79 Å². The molecule has 8 heteroatoms. The summed E-state index contributed by atoms with van der Waals surface area (Å²) in [7, 11) is 0. The molecule has 1 aliphatic carbocycles. The number of phenolic OH excluding ortho intramolecular Hbond substituents is 2. The Bertz CT molecular complexity index is 972. The Hall–Kier alpha value is -2.77. The van der Waals surface area contributed by atoms with E-state index in [1.807, 2.05) is 6.92 Å². The first kappa shape index (κ1) is 26.8. The number of carbonyl (C=O) groups excluding carboxylic acids is 3. The standard InChI is InChI=1S/C27H40N2O6/c1-16(14-19-11-12-26(3,4)27(19,5)6)35-25(34)20-8-7-13-29(20)24(33)17(2)28-23(32)18-9-10-21(30)22(31)15-18/h9-10,15-17,19-20,30-31H,7-8,11-14H2,1-6H3,(H,28,32)/t16?,17-,19?,20?/m0/s1. The smallest absolute Gasteiger partial charge is 0.329 e. The average Bonchev–Trinajstić information content (AvgIpc) is 3.34. The fourth-order valence-corrected chi connectivity index (χ4v) is 5.44. The minimum Gasteiger partial charge on any atom is -0.504 e. The van der Waals surface area contributed by atoms with Gasteiger partial charge in [0.25, 0.3) is 5.91 Å². The molecule has 0 bridgehead atoms. The number of hydrogen-bond donors (Lipinski definition) is 3. The molecule has 2 fully saturated rings. The van der Waals surface area contributed by atoms with Crippen LogP contribution < -0.4 is 5.32 Å². The van der Waals surface area contributed by atoms with E-state index in [0.29, 0.717) is 25.3 Å². The second kappa shape index (κ2) is 10.1. The molecule has 0 spiro atoms. The molecule has 3 unspecified atom stereocenters. The number of nitrogens with one attached hydrogen (secondary N) is 1. The van der Waals surface area contributed by atoms with E-state index in [2.05, 4.69) is 33.0 Å². The minimum absolute atomic E-state index is 0.115. The lowest BCUT2D eigenvalue weighted by Crippen LogP contribution is -2.51. The number of amides is 2. The summed E-state index contributed by atoms with van der Waals surface area (Å²) in [6.07, 6.45) is 4.06. The lowest BCUT2D eigenvalue weighted by Gasteiger charge is -2.40. The van der Waals surface area contributed by atoms with Crippen LogP contribution in [0.15, 0.2) is 18.2 Å². The fraction of sp³-hybridized carbons (Fsp3) is 0.667. The minimum atomic E-state index is -0.870. The van der Waals surface area contributed by atoms with Gasteiger partial charge in [-0.15, -0.1) is 0 Å². The van der Waals surface area contributed by atoms with Gasteiger partial charge in [0.2, 0.25) is 5.91 Å². The van der Waals surface area contributed by atoms with Crippen LogP contribution in [-0.4, -0.2) is 57.6 Å². The first-order valence-electron chi connectivity index (χ1n) is 12.6. The summed E-state index contributed by atoms with van der Waals surface area (Å²) in [5.74, 6) is -1.59. The Labute approximate surface area is 208 Å². The molecule has 1 heterocycles. The van der Waals surface area contributed by atoms with Gasteiger partial charge in [-0.1, -0.05) is 27.7 Å². The second-order valence-electron chi connectivity index (χ2n) is 11.4. The quantitative estimate of drug-likeness (QED) is 0.395. The van der Waals surface area contributed by atoms with Gasteiger partial charge in [0.15, 0.2) is 11.5 Å². The Kier molecular flexibility index (Phi) is 7.72. The third-order valence-electron chi connectivity index (χ3n) is 8.58. The van der Waals surface area contributed by atoms with E-state index in [9.17, 15) is 24.6 Å². The maximum Gasteiger partial charge on any atom is 0.329 e. The predicted octanol–water partition coefficient (Wildman–Crippen LogP) is 3.99. The van der Waals surface area contributed by atoms with Crippen LogP contribution in [0.25, 0.3) is 0 Å². The van der Waals surface area contributed by atoms with Crippen molar-refractivity contribution < 1.29 is 29.3 Å². The summed E-state index contributed by atoms with van der Waals surface area (Å²) in [6.45, 7) is 13.1. The van der Waals surface area contributed by atoms with Gasteiger partial charge in [-0.3, -0.25) is 9.59 Å². The highest BCUT2D eigenvalue weighted by Gasteiger charge is 2.48. The highest BCUT2D eigenvalue weighted by Crippen LogP contribution is 2.57. The zero-order valence-corrected chi connectivity index (χ0v) is 21.8. The van der Waals surface area contributed by atoms with Crippen LogP contribution in [0.3, 0.4) is 0 Å². The summed E-state index contributed by atoms with van der Waals surface area (Å²) < 4.78 is 5.82. The molecule has 1 aromatic rings. The van der Waals surface area contributed by atoms with E-state index in [4.69, 9.17) is 4.74 Å². The van der Waals surface area contributed by atoms with E-state index >= 15 is 0 Å². The van der Waals surface area contributed by atoms with Gasteiger partial charge in [0.05, 0.1) is 6.10 Å². The molecule has 3 rings (SSSR count). The van der Waals surface area contributed by atoms with Gasteiger partial charge in [-0.05, 0) is 80.9 Å². The Balaban J connectivity index is 1.57. The van der Waals surface area contributed by atoms with Crippen LogP contribution in [0.5, 0.6) is 11.5 Å². The van der Waals surface area contributed by atoms with Crippen molar-refractivity contribution >= 4 is 17.8 Å². The topological polar surface area (TPSA) is 116 Å². The van der Waals surface area contributed by atoms with Crippen molar-refractivity contribution in [2.45, 2.75) is 91.8 Å². The lowest BCUT2D eigenvalue weighted by atomic mass is 9.66. The van der Waals surface area contributed by atoms with E-state index in [0.717, 1.165) is 25.3 Å². The number of ether oxygens (including phenoxy) is 1. The Morgan fingerprint density at radius 3 is 2.40 bits per heavy atom. The molecular formula is C27H40N2O6. The van der Waals surface area contributed by atoms with E-state index in [1.54, 1.807) is 6.92 Å². The van der Waals surface area contributed by atoms with Crippen LogP contribution >= 0.6 is 0 Å². The molecule has 1 aromatic carbocycles. The molecule has 1 saturated heterocycles. The predicted molar refractivity (Wildman–Crippen MR) is 132 cm³/mol. The third kappa shape index (κ3) is 5.57. The van der Waals surface area contributed by atoms with Crippen LogP contribution in [-0.2, 0) is 14.3 Å². The van der Waals surface area contributed by atoms with Gasteiger partial charge in [-0.2, -0.15) is 0 Å². The Morgan fingerprint density at radius 2 is 1.80 bits per heavy atom. The molecule has 3 N–H and O–H groups in total. The molecule has 194 valence electrons. The number of nitrogens with zero attached hydrogens (tertiary/aromatic N) is 1. The Morgan fingerprint density at radius 1 is 1.11 bits per heavy atom. The van der Waals surface area contributed by atoms with Crippen molar-refractivity contribution in [2.24, 2.45) is 16.7 Å². The van der Waals surface area contributed by atoms with Crippen LogP contribution in [0.1, 0.15) is 84.0 Å². The number of benzene rings is 1. The number of carbonyl (C=O) groups is 3. The van der Waals surface area contributed by atoms with E-state index in [-0.39, 0.29) is 40.1 Å². The number of likely N-dealkylation sites (tertiary alicyclic amines) is 1. The molecule has 35 heavy (non-hydrogen) atoms. The summed E-state index contributed by atoms with van der Waals surface area (Å²) in [5.41, 5.74) is 0.518. The largest absolute Gasteiger partial charge is 0.504 e. The normalized spacial score (nSPS) is 24.6. The van der Waals surface area contributed by atoms with Gasteiger partial charge in [0.1, 0.15) is 12.1 Å². The highest BCUT2D eigenvalue weighted by atomic mass is 16.5. The maximum atomic E-state index is 13.1. The molecule has 1 aliphatic heterocycles. The number of phenols is 2. The summed E-state index contributed by atoms with van der Waals surface area (Å²) >= 11 is 0. The van der Waals surface area contributed by atoms with Gasteiger partial charge < -0.3 is 25.2 Å². The first-order valence-corrected chi connectivity index (χ1v) is 12.6. The monoisotopic (exact) mass is 488 g/mol. The number of rotatable bonds is 7. The number of esters is 1. The lowest BCUT2D eigenvalue weighted by molar-refractivity contribution is -0.158. The van der Waals surface area contributed by atoms with Crippen LogP contribution in [0.2, 0.25) is 0 Å². The number of aromatic hydroxyl groups is 2. The van der Waals surface area contributed by atoms with Crippen molar-refractivity contribution in [2.75, 3.05) is 6.54 Å². The zero-order chi connectivity index (χ0) is 26.1. The molecule has 8 nitrogen and oxygen atoms in total. The van der Waals surface area contributed by atoms with Crippen LogP contribution in [0.4, 0.5) is 0 Å². The van der Waals surface area contributed by atoms with E-state index in [1.165, 1.54) is 17.0 Å². The zero-order valence-electron chi connectivity index (χ0n) is 21.8. The van der Waals surface area contributed by atoms with Crippen molar-refractivity contribution in [1.82, 2.24) is 10.2 Å². The second-order valence-corrected chi connectivity index (χ2v) is 11.4. The van der Waals surface area contributed by atoms with Crippen molar-refractivity contribution in [3.63, 3.8) is 0 Å². The average molecular weight is 489 g/mol. The molecule has 1 saturated carbocycles. The molecule has 4 atom stereocenters. The third-order valence-corrected chi connectivity index (χ3v) is 8.58. The van der Waals surface area contributed by atoms with Gasteiger partial charge in [0, 0.05) is 12.1 Å². The molecule has 2 amide bonds. The van der Waals surface area contributed by atoms with Crippen molar-refractivity contribution in [3.8, 4) is 11.5 Å². The maximum absolute atomic E-state index is 13.1. The van der Waals surface area contributed by atoms with Crippen molar-refractivity contribution in [3.05, 3.63) is 23.8 Å². The SMILES string of the molecule is CC(CC1CCC(C)(C)C1(C)C)OC(=O)C1CCCN1C(=O)[C@H](C)NC(=O)c1ccc(O)c(O)c1. The molecule has 0 radical (unpaired) electrons. The summed E-state index contributed by atoms with van der Waals surface area (Å²) in [4.78, 5) is 40.1. The molecule has 0 aromatic heterocycles. The first-order chi connectivity index (χ1) is 16.2. The molecule has 2 aliphatic rings. The summed E-state index contributed by atoms with van der Waals surface area (Å²) in [5, 5.41) is 21.7. The van der Waals surface area contributed by atoms with E-state index < -0.39 is 23.7 Å². The van der Waals surface area contributed by atoms with Crippen molar-refractivity contribution in [1.29, 1.82) is 0 Å². The highest BCUT2D eigenvalue weighted by molar-refractivity contribution is 5.98.